The maximum absolute atomic E-state index is 6.57. The molecule has 2 unspecified atom stereocenters. The van der Waals surface area contributed by atoms with Crippen LogP contribution in [-0.2, 0) is 6.42 Å². The van der Waals surface area contributed by atoms with Gasteiger partial charge in [-0.2, -0.15) is 0 Å². The van der Waals surface area contributed by atoms with E-state index in [9.17, 15) is 0 Å². The number of hydrogen-bond donors (Lipinski definition) is 0. The molecule has 57 heavy (non-hydrogen) atoms. The molecule has 0 aliphatic heterocycles. The summed E-state index contributed by atoms with van der Waals surface area (Å²) in [5, 5.41) is 2.04. The summed E-state index contributed by atoms with van der Waals surface area (Å²) in [6, 6.07) is 41.0. The third kappa shape index (κ3) is 6.16. The highest BCUT2D eigenvalue weighted by atomic mass is 16.5. The summed E-state index contributed by atoms with van der Waals surface area (Å²) < 4.78 is 12.8. The van der Waals surface area contributed by atoms with E-state index in [-0.39, 0.29) is 0 Å². The van der Waals surface area contributed by atoms with Gasteiger partial charge in [0.2, 0.25) is 0 Å². The largest absolute Gasteiger partial charge is 0.457 e. The Labute approximate surface area is 331 Å². The van der Waals surface area contributed by atoms with Gasteiger partial charge in [-0.1, -0.05) is 127 Å². The van der Waals surface area contributed by atoms with Crippen LogP contribution in [0.5, 0.6) is 11.5 Å². The number of hydrogen-bond acceptors (Lipinski definition) is 5. The topological polar surface area (TPSA) is 61.0 Å². The molecule has 0 fully saturated rings. The molecule has 0 saturated heterocycles. The zero-order valence-electron chi connectivity index (χ0n) is 31.4. The summed E-state index contributed by atoms with van der Waals surface area (Å²) in [6.45, 7) is 0. The van der Waals surface area contributed by atoms with Crippen molar-refractivity contribution in [3.8, 4) is 34.3 Å². The Bertz CT molecular complexity index is 2920. The van der Waals surface area contributed by atoms with Crippen LogP contribution in [0.25, 0.3) is 50.3 Å². The van der Waals surface area contributed by atoms with E-state index >= 15 is 0 Å². The SMILES string of the molecule is C1=CC2=C(CC1)C1=C(C=CCC1)C1C=C(c3cccc(Oc4cccc(Cc5nc(-c6ccccc6)nc(-c6cccc7oc8ccccc8c67)n5)c4)c3)C=CC21. The monoisotopic (exact) mass is 737 g/mol. The first kappa shape index (κ1) is 33.5. The quantitative estimate of drug-likeness (QED) is 0.163. The van der Waals surface area contributed by atoms with E-state index in [1.165, 1.54) is 23.1 Å². The molecule has 2 aromatic heterocycles. The Balaban J connectivity index is 0.891. The van der Waals surface area contributed by atoms with Crippen LogP contribution in [-0.4, -0.2) is 15.0 Å². The molecule has 11 rings (SSSR count). The number of rotatable bonds is 7. The molecule has 274 valence electrons. The minimum atomic E-state index is 0.351. The molecule has 5 nitrogen and oxygen atoms in total. The molecule has 2 heterocycles. The lowest BCUT2D eigenvalue weighted by Gasteiger charge is -2.39. The Kier molecular flexibility index (Phi) is 8.24. The number of allylic oxidation sites excluding steroid dienone is 12. The second-order valence-electron chi connectivity index (χ2n) is 15.3. The fraction of sp³-hybridized carbons (Fsp3) is 0.135. The van der Waals surface area contributed by atoms with Crippen LogP contribution in [0.3, 0.4) is 0 Å². The van der Waals surface area contributed by atoms with Gasteiger partial charge in [0.25, 0.3) is 0 Å². The van der Waals surface area contributed by atoms with Crippen molar-refractivity contribution in [3.05, 3.63) is 203 Å². The minimum absolute atomic E-state index is 0.351. The van der Waals surface area contributed by atoms with Crippen LogP contribution >= 0.6 is 0 Å². The van der Waals surface area contributed by atoms with Gasteiger partial charge in [0.1, 0.15) is 28.5 Å². The first-order chi connectivity index (χ1) is 28.2. The fourth-order valence-corrected chi connectivity index (χ4v) is 9.17. The molecule has 0 N–H and O–H groups in total. The van der Waals surface area contributed by atoms with E-state index < -0.39 is 0 Å². The lowest BCUT2D eigenvalue weighted by molar-refractivity contribution is 0.482. The third-order valence-corrected chi connectivity index (χ3v) is 11.7. The molecule has 4 aliphatic rings. The van der Waals surface area contributed by atoms with E-state index in [1.807, 2.05) is 78.9 Å². The van der Waals surface area contributed by atoms with Crippen molar-refractivity contribution in [2.24, 2.45) is 11.8 Å². The van der Waals surface area contributed by atoms with Gasteiger partial charge < -0.3 is 9.15 Å². The minimum Gasteiger partial charge on any atom is -0.457 e. The van der Waals surface area contributed by atoms with Crippen LogP contribution in [0.2, 0.25) is 0 Å². The predicted molar refractivity (Wildman–Crippen MR) is 229 cm³/mol. The summed E-state index contributed by atoms with van der Waals surface area (Å²) in [5.41, 5.74) is 13.2. The highest BCUT2D eigenvalue weighted by molar-refractivity contribution is 6.11. The van der Waals surface area contributed by atoms with Gasteiger partial charge >= 0.3 is 0 Å². The van der Waals surface area contributed by atoms with E-state index in [2.05, 4.69) is 85.0 Å². The summed E-state index contributed by atoms with van der Waals surface area (Å²) >= 11 is 0. The van der Waals surface area contributed by atoms with Crippen molar-refractivity contribution < 1.29 is 9.15 Å². The Morgan fingerprint density at radius 1 is 0.596 bits per heavy atom. The highest BCUT2D eigenvalue weighted by Gasteiger charge is 2.35. The summed E-state index contributed by atoms with van der Waals surface area (Å²) in [6.07, 6.45) is 21.9. The van der Waals surface area contributed by atoms with Crippen LogP contribution in [0.4, 0.5) is 0 Å². The van der Waals surface area contributed by atoms with Crippen LogP contribution in [0, 0.1) is 11.8 Å². The number of fused-ring (bicyclic) bond motifs is 7. The number of nitrogens with zero attached hydrogens (tertiary/aromatic N) is 3. The number of furan rings is 1. The molecule has 5 aromatic carbocycles. The van der Waals surface area contributed by atoms with Crippen molar-refractivity contribution in [2.45, 2.75) is 32.1 Å². The number of benzene rings is 5. The van der Waals surface area contributed by atoms with Gasteiger partial charge in [0.15, 0.2) is 11.6 Å². The molecule has 0 bridgehead atoms. The van der Waals surface area contributed by atoms with Gasteiger partial charge in [0, 0.05) is 40.2 Å². The van der Waals surface area contributed by atoms with Crippen LogP contribution in [0.15, 0.2) is 191 Å². The van der Waals surface area contributed by atoms with E-state index in [0.29, 0.717) is 35.7 Å². The van der Waals surface area contributed by atoms with Crippen LogP contribution < -0.4 is 4.74 Å². The van der Waals surface area contributed by atoms with Gasteiger partial charge in [0.05, 0.1) is 0 Å². The molecule has 0 amide bonds. The molecule has 7 aromatic rings. The standard InChI is InChI=1S/C52H39N3O2/c1-2-14-34(15-3-1)51-53-49(54-52(55-51)45-24-12-26-48-50(45)44-23-8-9-25-47(44)57-48)30-33-13-10-17-37(29-33)56-38-18-11-16-35(31-38)36-27-28-43-41-21-5-4-19-39(41)40-20-6-7-22-42(40)46(43)32-36/h1-3,5,7-18,21-29,31-32,43,46H,4,6,19-20,30H2. The van der Waals surface area contributed by atoms with Gasteiger partial charge in [-0.15, -0.1) is 0 Å². The molecule has 4 aliphatic carbocycles. The summed E-state index contributed by atoms with van der Waals surface area (Å²) in [5.74, 6) is 4.24. The zero-order chi connectivity index (χ0) is 37.7. The van der Waals surface area contributed by atoms with E-state index in [0.717, 1.165) is 75.0 Å². The first-order valence-corrected chi connectivity index (χ1v) is 20.0. The second-order valence-corrected chi connectivity index (χ2v) is 15.3. The average Bonchev–Trinajstić information content (AvgIpc) is 3.66. The predicted octanol–water partition coefficient (Wildman–Crippen LogP) is 13.0. The maximum atomic E-state index is 6.57. The third-order valence-electron chi connectivity index (χ3n) is 11.7. The summed E-state index contributed by atoms with van der Waals surface area (Å²) in [7, 11) is 0. The number of para-hydroxylation sites is 1. The van der Waals surface area contributed by atoms with Crippen molar-refractivity contribution in [1.82, 2.24) is 15.0 Å². The van der Waals surface area contributed by atoms with E-state index in [1.54, 1.807) is 11.1 Å². The highest BCUT2D eigenvalue weighted by Crippen LogP contribution is 2.50. The second kappa shape index (κ2) is 14.0. The Morgan fingerprint density at radius 3 is 2.16 bits per heavy atom. The van der Waals surface area contributed by atoms with Gasteiger partial charge in [-0.05, 0) is 101 Å². The van der Waals surface area contributed by atoms with Gasteiger partial charge in [-0.3, -0.25) is 0 Å². The normalized spacial score (nSPS) is 18.4. The average molecular weight is 738 g/mol. The van der Waals surface area contributed by atoms with E-state index in [4.69, 9.17) is 24.1 Å². The van der Waals surface area contributed by atoms with Crippen molar-refractivity contribution in [3.63, 3.8) is 0 Å². The van der Waals surface area contributed by atoms with Gasteiger partial charge in [-0.25, -0.2) is 15.0 Å². The molecule has 0 spiro atoms. The molecular formula is C52H39N3O2. The molecule has 0 radical (unpaired) electrons. The first-order valence-electron chi connectivity index (χ1n) is 20.0. The smallest absolute Gasteiger partial charge is 0.164 e. The molecule has 2 atom stereocenters. The molecule has 5 heteroatoms. The Morgan fingerprint density at radius 2 is 1.30 bits per heavy atom. The lowest BCUT2D eigenvalue weighted by Crippen LogP contribution is -2.26. The fourth-order valence-electron chi connectivity index (χ4n) is 9.17. The lowest BCUT2D eigenvalue weighted by atomic mass is 9.65. The van der Waals surface area contributed by atoms with Crippen molar-refractivity contribution in [2.75, 3.05) is 0 Å². The molecular weight excluding hydrogens is 699 g/mol. The van der Waals surface area contributed by atoms with Crippen molar-refractivity contribution >= 4 is 27.5 Å². The summed E-state index contributed by atoms with van der Waals surface area (Å²) in [4.78, 5) is 15.1. The Hall–Kier alpha value is -6.85. The maximum Gasteiger partial charge on any atom is 0.164 e. The van der Waals surface area contributed by atoms with Crippen molar-refractivity contribution in [1.29, 1.82) is 0 Å². The van der Waals surface area contributed by atoms with Crippen LogP contribution in [0.1, 0.15) is 42.6 Å². The number of ether oxygens (including phenoxy) is 1. The number of aromatic nitrogens is 3. The molecule has 0 saturated carbocycles. The zero-order valence-corrected chi connectivity index (χ0v) is 31.4.